The van der Waals surface area contributed by atoms with E-state index in [4.69, 9.17) is 19.6 Å². The van der Waals surface area contributed by atoms with Crippen LogP contribution in [0.15, 0.2) is 84.9 Å². The first kappa shape index (κ1) is 34.3. The van der Waals surface area contributed by atoms with Gasteiger partial charge in [0.05, 0.1) is 11.0 Å². The maximum absolute atomic E-state index is 11.3. The predicted molar refractivity (Wildman–Crippen MR) is 199 cm³/mol. The molecule has 0 bridgehead atoms. The highest BCUT2D eigenvalue weighted by atomic mass is 16.5. The second-order valence-electron chi connectivity index (χ2n) is 15.2. The molecule has 2 N–H and O–H groups in total. The van der Waals surface area contributed by atoms with Crippen molar-refractivity contribution in [2.24, 2.45) is 11.3 Å². The second kappa shape index (κ2) is 13.5. The number of carboxylic acids is 2. The molecule has 264 valence electrons. The Bertz CT molecular complexity index is 2120. The van der Waals surface area contributed by atoms with Crippen molar-refractivity contribution in [2.75, 3.05) is 13.2 Å². The molecule has 0 spiro atoms. The Hall–Kier alpha value is -5.11. The van der Waals surface area contributed by atoms with Crippen molar-refractivity contribution >= 4 is 23.0 Å². The summed E-state index contributed by atoms with van der Waals surface area (Å²) in [5.74, 6) is 0.721. The Balaban J connectivity index is 1.30. The van der Waals surface area contributed by atoms with Gasteiger partial charge in [-0.1, -0.05) is 82.6 Å². The van der Waals surface area contributed by atoms with Crippen LogP contribution in [0.25, 0.3) is 33.5 Å². The number of aliphatic carboxylic acids is 2. The molecule has 1 saturated carbocycles. The van der Waals surface area contributed by atoms with E-state index in [-0.39, 0.29) is 10.8 Å². The highest BCUT2D eigenvalue weighted by molar-refractivity contribution is 5.86. The van der Waals surface area contributed by atoms with Gasteiger partial charge >= 0.3 is 11.9 Å². The van der Waals surface area contributed by atoms with Gasteiger partial charge in [-0.15, -0.1) is 0 Å². The summed E-state index contributed by atoms with van der Waals surface area (Å²) in [5, 5.41) is 18.3. The second-order valence-corrected chi connectivity index (χ2v) is 15.2. The van der Waals surface area contributed by atoms with Crippen LogP contribution in [0.4, 0.5) is 0 Å². The molecule has 0 unspecified atom stereocenters. The van der Waals surface area contributed by atoms with Gasteiger partial charge in [0.25, 0.3) is 0 Å². The number of imidazole rings is 1. The van der Waals surface area contributed by atoms with Gasteiger partial charge in [-0.05, 0) is 113 Å². The average molecular weight is 687 g/mol. The van der Waals surface area contributed by atoms with E-state index < -0.39 is 25.2 Å². The van der Waals surface area contributed by atoms with Crippen molar-refractivity contribution in [3.63, 3.8) is 0 Å². The molecule has 1 aromatic heterocycles. The molecule has 0 amide bonds. The minimum atomic E-state index is -1.03. The normalized spacial score (nSPS) is 21.2. The van der Waals surface area contributed by atoms with Gasteiger partial charge in [0, 0.05) is 12.1 Å². The van der Waals surface area contributed by atoms with E-state index in [1.165, 1.54) is 23.1 Å². The molecular weight excluding hydrogens is 640 g/mol. The van der Waals surface area contributed by atoms with Crippen LogP contribution in [-0.2, 0) is 28.0 Å². The van der Waals surface area contributed by atoms with Crippen LogP contribution in [0.1, 0.15) is 76.0 Å². The van der Waals surface area contributed by atoms with Crippen LogP contribution in [0.3, 0.4) is 0 Å². The van der Waals surface area contributed by atoms with Gasteiger partial charge in [0.1, 0.15) is 17.3 Å². The van der Waals surface area contributed by atoms with Crippen molar-refractivity contribution < 1.29 is 29.3 Å². The molecule has 0 radical (unpaired) electrons. The first-order chi connectivity index (χ1) is 24.4. The Morgan fingerprint density at radius 1 is 0.843 bits per heavy atom. The summed E-state index contributed by atoms with van der Waals surface area (Å²) < 4.78 is 13.4. The fourth-order valence-corrected chi connectivity index (χ4v) is 9.02. The van der Waals surface area contributed by atoms with E-state index in [1.807, 2.05) is 36.4 Å². The van der Waals surface area contributed by atoms with Crippen LogP contribution < -0.4 is 9.47 Å². The van der Waals surface area contributed by atoms with Crippen LogP contribution in [0.2, 0.25) is 0 Å². The standard InChI is InChI=1S/C43H46N2O6/c1-27(2)28-12-15-35-31(20-28)14-17-38-42(3,18-7-19-43(35,38)4)26-45-37-16-13-30(29-8-5-10-33(21-29)50-24-39(46)47)23-36(37)44-41(45)32-9-6-11-34(22-32)51-25-40(48)49/h5-6,8-13,15-16,20-23,27,38H,7,14,17-19,24-26H2,1-4H3,(H,46,47)(H,48,49)/t38-,42-,43+/m0/s1. The molecular formula is C43H46N2O6. The lowest BCUT2D eigenvalue weighted by atomic mass is 9.49. The summed E-state index contributed by atoms with van der Waals surface area (Å²) in [4.78, 5) is 27.6. The van der Waals surface area contributed by atoms with E-state index in [9.17, 15) is 14.7 Å². The smallest absolute Gasteiger partial charge is 0.341 e. The fourth-order valence-electron chi connectivity index (χ4n) is 9.02. The molecule has 1 heterocycles. The van der Waals surface area contributed by atoms with Crippen molar-refractivity contribution in [3.05, 3.63) is 102 Å². The van der Waals surface area contributed by atoms with Gasteiger partial charge < -0.3 is 24.3 Å². The van der Waals surface area contributed by atoms with Gasteiger partial charge in [-0.25, -0.2) is 14.6 Å². The van der Waals surface area contributed by atoms with Gasteiger partial charge in [0.15, 0.2) is 13.2 Å². The molecule has 0 saturated heterocycles. The third kappa shape index (κ3) is 6.72. The van der Waals surface area contributed by atoms with E-state index >= 15 is 0 Å². The molecule has 2 aliphatic rings. The van der Waals surface area contributed by atoms with E-state index in [2.05, 4.69) is 68.7 Å². The third-order valence-corrected chi connectivity index (χ3v) is 11.4. The number of hydrogen-bond acceptors (Lipinski definition) is 5. The number of fused-ring (bicyclic) bond motifs is 4. The van der Waals surface area contributed by atoms with Gasteiger partial charge in [0.2, 0.25) is 0 Å². The largest absolute Gasteiger partial charge is 0.482 e. The maximum Gasteiger partial charge on any atom is 0.341 e. The summed E-state index contributed by atoms with van der Waals surface area (Å²) in [6.45, 7) is 9.47. The lowest BCUT2D eigenvalue weighted by molar-refractivity contribution is -0.140. The topological polar surface area (TPSA) is 111 Å². The lowest BCUT2D eigenvalue weighted by Crippen LogP contribution is -2.50. The minimum Gasteiger partial charge on any atom is -0.482 e. The summed E-state index contributed by atoms with van der Waals surface area (Å²) >= 11 is 0. The number of carbonyl (C=O) groups is 2. The molecule has 8 heteroatoms. The van der Waals surface area contributed by atoms with Crippen LogP contribution >= 0.6 is 0 Å². The molecule has 7 rings (SSSR count). The van der Waals surface area contributed by atoms with Gasteiger partial charge in [-0.3, -0.25) is 0 Å². The predicted octanol–water partition coefficient (Wildman–Crippen LogP) is 9.13. The number of ether oxygens (including phenoxy) is 2. The van der Waals surface area contributed by atoms with Crippen LogP contribution in [-0.4, -0.2) is 44.9 Å². The zero-order valence-electron chi connectivity index (χ0n) is 29.8. The number of aromatic nitrogens is 2. The Kier molecular flexibility index (Phi) is 9.12. The molecule has 1 fully saturated rings. The molecule has 4 aromatic carbocycles. The average Bonchev–Trinajstić information content (AvgIpc) is 3.46. The Morgan fingerprint density at radius 2 is 1.51 bits per heavy atom. The van der Waals surface area contributed by atoms with Crippen LogP contribution in [0.5, 0.6) is 11.5 Å². The van der Waals surface area contributed by atoms with Gasteiger partial charge in [-0.2, -0.15) is 0 Å². The van der Waals surface area contributed by atoms with Crippen molar-refractivity contribution in [2.45, 2.75) is 77.7 Å². The molecule has 51 heavy (non-hydrogen) atoms. The van der Waals surface area contributed by atoms with Crippen molar-refractivity contribution in [1.29, 1.82) is 0 Å². The lowest BCUT2D eigenvalue weighted by Gasteiger charge is -2.56. The summed E-state index contributed by atoms with van der Waals surface area (Å²) in [7, 11) is 0. The zero-order chi connectivity index (χ0) is 35.9. The van der Waals surface area contributed by atoms with Crippen molar-refractivity contribution in [1.82, 2.24) is 9.55 Å². The zero-order valence-corrected chi connectivity index (χ0v) is 29.8. The van der Waals surface area contributed by atoms with E-state index in [0.717, 1.165) is 65.8 Å². The quantitative estimate of drug-likeness (QED) is 0.143. The maximum atomic E-state index is 11.3. The third-order valence-electron chi connectivity index (χ3n) is 11.4. The number of carboxylic acid groups (broad SMARTS) is 2. The minimum absolute atomic E-state index is 0.00428. The Morgan fingerprint density at radius 3 is 2.20 bits per heavy atom. The highest BCUT2D eigenvalue weighted by Gasteiger charge is 2.52. The van der Waals surface area contributed by atoms with Crippen LogP contribution in [0, 0.1) is 11.3 Å². The SMILES string of the molecule is CC(C)c1ccc2c(c1)CC[C@H]1[C@](C)(Cn3c(-c4cccc(OCC(=O)O)c4)nc4cc(-c5cccc(OCC(=O)O)c5)ccc43)CCC[C@]21C. The first-order valence-corrected chi connectivity index (χ1v) is 18.0. The number of nitrogens with zero attached hydrogens (tertiary/aromatic N) is 2. The van der Waals surface area contributed by atoms with Crippen molar-refractivity contribution in [3.8, 4) is 34.0 Å². The molecule has 8 nitrogen and oxygen atoms in total. The fraction of sp³-hybridized carbons (Fsp3) is 0.372. The molecule has 0 aliphatic heterocycles. The molecule has 5 aromatic rings. The van der Waals surface area contributed by atoms with E-state index in [1.54, 1.807) is 12.1 Å². The summed E-state index contributed by atoms with van der Waals surface area (Å²) in [5.41, 5.74) is 9.09. The summed E-state index contributed by atoms with van der Waals surface area (Å²) in [6.07, 6.45) is 5.69. The number of benzene rings is 4. The molecule has 2 aliphatic carbocycles. The van der Waals surface area contributed by atoms with E-state index in [0.29, 0.717) is 23.3 Å². The summed E-state index contributed by atoms with van der Waals surface area (Å²) in [6, 6.07) is 28.5. The monoisotopic (exact) mass is 686 g/mol. The first-order valence-electron chi connectivity index (χ1n) is 18.0. The number of aryl methyl sites for hydroxylation is 1. The molecule has 3 atom stereocenters. The number of rotatable bonds is 11. The Labute approximate surface area is 299 Å². The highest BCUT2D eigenvalue weighted by Crippen LogP contribution is 2.58. The number of hydrogen-bond donors (Lipinski definition) is 2.